The lowest BCUT2D eigenvalue weighted by Crippen LogP contribution is -2.13. The number of hydrogen-bond acceptors (Lipinski definition) is 5. The number of carbonyl (C=O) groups is 1. The first kappa shape index (κ1) is 22.4. The van der Waals surface area contributed by atoms with Gasteiger partial charge >= 0.3 is 0 Å². The molecule has 1 N–H and O–H groups in total. The van der Waals surface area contributed by atoms with E-state index in [2.05, 4.69) is 11.4 Å². The van der Waals surface area contributed by atoms with E-state index in [0.717, 1.165) is 6.42 Å². The highest BCUT2D eigenvalue weighted by atomic mass is 35.5. The van der Waals surface area contributed by atoms with Crippen LogP contribution >= 0.6 is 11.6 Å². The van der Waals surface area contributed by atoms with Gasteiger partial charge in [0.15, 0.2) is 11.5 Å². The van der Waals surface area contributed by atoms with Crippen LogP contribution in [0.3, 0.4) is 0 Å². The summed E-state index contributed by atoms with van der Waals surface area (Å²) in [6.07, 6.45) is 1.93. The van der Waals surface area contributed by atoms with Crippen molar-refractivity contribution in [3.05, 3.63) is 47.0 Å². The van der Waals surface area contributed by atoms with Gasteiger partial charge in [0.25, 0.3) is 5.91 Å². The first-order chi connectivity index (χ1) is 14.1. The zero-order chi connectivity index (χ0) is 21.1. The number of nitriles is 1. The van der Waals surface area contributed by atoms with E-state index in [9.17, 15) is 4.79 Å². The van der Waals surface area contributed by atoms with Crippen molar-refractivity contribution in [3.8, 4) is 23.3 Å². The minimum Gasteiger partial charge on any atom is -0.493 e. The van der Waals surface area contributed by atoms with Gasteiger partial charge in [-0.1, -0.05) is 24.6 Å². The molecule has 0 radical (unpaired) electrons. The standard InChI is InChI=1S/C22H25ClN2O4/c1-3-11-29-21-19(23)13-16(14-20(21)27-4-2)22(26)25-17-8-7-9-18(15-17)28-12-6-5-10-24/h7-9,13-15H,3-6,11-12H2,1-2H3,(H,25,26). The number of rotatable bonds is 11. The summed E-state index contributed by atoms with van der Waals surface area (Å²) < 4.78 is 16.9. The summed E-state index contributed by atoms with van der Waals surface area (Å²) in [4.78, 5) is 12.7. The molecule has 29 heavy (non-hydrogen) atoms. The van der Waals surface area contributed by atoms with Gasteiger partial charge in [0.1, 0.15) is 5.75 Å². The van der Waals surface area contributed by atoms with Gasteiger partial charge in [0, 0.05) is 23.7 Å². The zero-order valence-electron chi connectivity index (χ0n) is 16.7. The fourth-order valence-electron chi connectivity index (χ4n) is 2.51. The highest BCUT2D eigenvalue weighted by Gasteiger charge is 2.16. The Morgan fingerprint density at radius 3 is 2.69 bits per heavy atom. The van der Waals surface area contributed by atoms with E-state index in [4.69, 9.17) is 31.1 Å². The summed E-state index contributed by atoms with van der Waals surface area (Å²) in [6, 6.07) is 12.3. The molecule has 0 fully saturated rings. The van der Waals surface area contributed by atoms with Crippen molar-refractivity contribution in [2.24, 2.45) is 0 Å². The molecule has 0 saturated carbocycles. The van der Waals surface area contributed by atoms with Crippen LogP contribution in [0.2, 0.25) is 5.02 Å². The summed E-state index contributed by atoms with van der Waals surface area (Å²) in [5.41, 5.74) is 0.954. The average Bonchev–Trinajstić information content (AvgIpc) is 2.71. The monoisotopic (exact) mass is 416 g/mol. The predicted molar refractivity (Wildman–Crippen MR) is 113 cm³/mol. The molecule has 0 unspecified atom stereocenters. The van der Waals surface area contributed by atoms with E-state index in [1.165, 1.54) is 0 Å². The van der Waals surface area contributed by atoms with E-state index in [-0.39, 0.29) is 5.91 Å². The van der Waals surface area contributed by atoms with Crippen LogP contribution in [0.5, 0.6) is 17.2 Å². The maximum atomic E-state index is 12.7. The Morgan fingerprint density at radius 2 is 1.97 bits per heavy atom. The Morgan fingerprint density at radius 1 is 1.14 bits per heavy atom. The van der Waals surface area contributed by atoms with E-state index in [1.807, 2.05) is 13.8 Å². The third kappa shape index (κ3) is 6.88. The minimum atomic E-state index is -0.323. The number of nitrogens with zero attached hydrogens (tertiary/aromatic N) is 1. The second-order valence-corrected chi connectivity index (χ2v) is 6.57. The molecule has 154 valence electrons. The lowest BCUT2D eigenvalue weighted by Gasteiger charge is -2.15. The second-order valence-electron chi connectivity index (χ2n) is 6.16. The van der Waals surface area contributed by atoms with Crippen LogP contribution in [0.1, 0.15) is 43.5 Å². The molecule has 6 nitrogen and oxygen atoms in total. The Bertz CT molecular complexity index is 864. The van der Waals surface area contributed by atoms with Crippen molar-refractivity contribution in [1.29, 1.82) is 5.26 Å². The first-order valence-electron chi connectivity index (χ1n) is 9.59. The van der Waals surface area contributed by atoms with Crippen LogP contribution in [0.4, 0.5) is 5.69 Å². The molecule has 0 aliphatic heterocycles. The quantitative estimate of drug-likeness (QED) is 0.492. The molecule has 2 aromatic rings. The summed E-state index contributed by atoms with van der Waals surface area (Å²) in [7, 11) is 0. The number of unbranched alkanes of at least 4 members (excludes halogenated alkanes) is 1. The number of halogens is 1. The third-order valence-electron chi connectivity index (χ3n) is 3.82. The van der Waals surface area contributed by atoms with Gasteiger partial charge in [0.05, 0.1) is 30.9 Å². The third-order valence-corrected chi connectivity index (χ3v) is 4.10. The van der Waals surface area contributed by atoms with Gasteiger partial charge in [-0.3, -0.25) is 4.79 Å². The van der Waals surface area contributed by atoms with Crippen molar-refractivity contribution in [2.45, 2.75) is 33.1 Å². The first-order valence-corrected chi connectivity index (χ1v) is 9.97. The number of carbonyl (C=O) groups excluding carboxylic acids is 1. The summed E-state index contributed by atoms with van der Waals surface area (Å²) in [5, 5.41) is 11.7. The van der Waals surface area contributed by atoms with Gasteiger partial charge in [-0.05, 0) is 44.0 Å². The molecule has 0 aliphatic carbocycles. The van der Waals surface area contributed by atoms with Gasteiger partial charge in [-0.25, -0.2) is 0 Å². The number of benzene rings is 2. The minimum absolute atomic E-state index is 0.323. The molecule has 0 saturated heterocycles. The molecular formula is C22H25ClN2O4. The molecule has 2 aromatic carbocycles. The summed E-state index contributed by atoms with van der Waals surface area (Å²) >= 11 is 6.33. The van der Waals surface area contributed by atoms with Crippen molar-refractivity contribution in [2.75, 3.05) is 25.1 Å². The van der Waals surface area contributed by atoms with E-state index < -0.39 is 0 Å². The van der Waals surface area contributed by atoms with E-state index in [0.29, 0.717) is 66.2 Å². The van der Waals surface area contributed by atoms with E-state index >= 15 is 0 Å². The van der Waals surface area contributed by atoms with Crippen molar-refractivity contribution >= 4 is 23.2 Å². The zero-order valence-corrected chi connectivity index (χ0v) is 17.4. The SMILES string of the molecule is CCCOc1c(Cl)cc(C(=O)Nc2cccc(OCCCC#N)c2)cc1OCC. The molecule has 0 aliphatic rings. The molecular weight excluding hydrogens is 392 g/mol. The van der Waals surface area contributed by atoms with Gasteiger partial charge in [-0.15, -0.1) is 0 Å². The Balaban J connectivity index is 2.13. The molecule has 0 bridgehead atoms. The predicted octanol–water partition coefficient (Wildman–Crippen LogP) is 5.46. The van der Waals surface area contributed by atoms with Crippen LogP contribution < -0.4 is 19.5 Å². The lowest BCUT2D eigenvalue weighted by molar-refractivity contribution is 0.102. The summed E-state index contributed by atoms with van der Waals surface area (Å²) in [5.74, 6) is 1.18. The molecule has 7 heteroatoms. The fraction of sp³-hybridized carbons (Fsp3) is 0.364. The van der Waals surface area contributed by atoms with Gasteiger partial charge in [0.2, 0.25) is 0 Å². The largest absolute Gasteiger partial charge is 0.493 e. The normalized spacial score (nSPS) is 10.1. The van der Waals surface area contributed by atoms with Crippen LogP contribution in [0, 0.1) is 11.3 Å². The molecule has 0 atom stereocenters. The fourth-order valence-corrected chi connectivity index (χ4v) is 2.78. The van der Waals surface area contributed by atoms with Crippen molar-refractivity contribution < 1.29 is 19.0 Å². The van der Waals surface area contributed by atoms with Gasteiger partial charge in [-0.2, -0.15) is 5.26 Å². The average molecular weight is 417 g/mol. The highest BCUT2D eigenvalue weighted by Crippen LogP contribution is 2.37. The maximum Gasteiger partial charge on any atom is 0.255 e. The molecule has 0 spiro atoms. The van der Waals surface area contributed by atoms with Crippen LogP contribution in [-0.4, -0.2) is 25.7 Å². The van der Waals surface area contributed by atoms with Crippen LogP contribution in [0.15, 0.2) is 36.4 Å². The Labute approximate surface area is 176 Å². The topological polar surface area (TPSA) is 80.6 Å². The van der Waals surface area contributed by atoms with Gasteiger partial charge < -0.3 is 19.5 Å². The van der Waals surface area contributed by atoms with Crippen LogP contribution in [-0.2, 0) is 0 Å². The van der Waals surface area contributed by atoms with Crippen LogP contribution in [0.25, 0.3) is 0 Å². The summed E-state index contributed by atoms with van der Waals surface area (Å²) in [6.45, 7) is 5.23. The lowest BCUT2D eigenvalue weighted by atomic mass is 10.1. The second kappa shape index (κ2) is 11.8. The van der Waals surface area contributed by atoms with Crippen molar-refractivity contribution in [3.63, 3.8) is 0 Å². The number of hydrogen-bond donors (Lipinski definition) is 1. The Hall–Kier alpha value is -2.91. The molecule has 2 rings (SSSR count). The maximum absolute atomic E-state index is 12.7. The Kier molecular flexibility index (Phi) is 9.13. The van der Waals surface area contributed by atoms with Crippen molar-refractivity contribution in [1.82, 2.24) is 0 Å². The smallest absolute Gasteiger partial charge is 0.255 e. The number of anilines is 1. The molecule has 0 heterocycles. The van der Waals surface area contributed by atoms with E-state index in [1.54, 1.807) is 36.4 Å². The number of nitrogens with one attached hydrogen (secondary N) is 1. The molecule has 0 aromatic heterocycles. The number of amides is 1. The molecule has 1 amide bonds. The number of ether oxygens (including phenoxy) is 3. The highest BCUT2D eigenvalue weighted by molar-refractivity contribution is 6.32.